The van der Waals surface area contributed by atoms with E-state index in [1.807, 2.05) is 49.3 Å². The van der Waals surface area contributed by atoms with Crippen LogP contribution in [0, 0.1) is 11.6 Å². The van der Waals surface area contributed by atoms with Crippen molar-refractivity contribution in [3.63, 3.8) is 0 Å². The summed E-state index contributed by atoms with van der Waals surface area (Å²) in [7, 11) is 3.73. The van der Waals surface area contributed by atoms with Gasteiger partial charge in [-0.3, -0.25) is 9.78 Å². The molecule has 0 saturated heterocycles. The molecule has 168 valence electrons. The van der Waals surface area contributed by atoms with E-state index in [9.17, 15) is 13.6 Å². The first-order valence-corrected chi connectivity index (χ1v) is 11.3. The third-order valence-corrected chi connectivity index (χ3v) is 6.83. The molecule has 0 bridgehead atoms. The van der Waals surface area contributed by atoms with E-state index >= 15 is 0 Å². The second-order valence-corrected chi connectivity index (χ2v) is 9.09. The first kappa shape index (κ1) is 21.3. The molecule has 4 aromatic rings. The number of fused-ring (bicyclic) bond motifs is 2. The van der Waals surface area contributed by atoms with E-state index in [-0.39, 0.29) is 11.9 Å². The lowest BCUT2D eigenvalue weighted by Gasteiger charge is -2.26. The number of carbonyl (C=O) groups excluding carboxylic acids is 1. The van der Waals surface area contributed by atoms with E-state index in [0.29, 0.717) is 33.9 Å². The summed E-state index contributed by atoms with van der Waals surface area (Å²) >= 11 is 1.27. The van der Waals surface area contributed by atoms with Crippen molar-refractivity contribution in [2.75, 3.05) is 25.6 Å². The number of hydrogen-bond donors (Lipinski definition) is 1. The summed E-state index contributed by atoms with van der Waals surface area (Å²) in [5.41, 5.74) is 2.46. The minimum atomic E-state index is -0.677. The van der Waals surface area contributed by atoms with Crippen molar-refractivity contribution in [1.82, 2.24) is 10.3 Å². The Kier molecular flexibility index (Phi) is 5.46. The van der Waals surface area contributed by atoms with Crippen LogP contribution in [0.5, 0.6) is 5.75 Å². The van der Waals surface area contributed by atoms with Gasteiger partial charge in [-0.05, 0) is 24.3 Å². The zero-order chi connectivity index (χ0) is 23.1. The third-order valence-electron chi connectivity index (χ3n) is 5.63. The molecule has 0 aliphatic carbocycles. The Labute approximate surface area is 193 Å². The quantitative estimate of drug-likeness (QED) is 0.429. The number of aromatic nitrogens is 1. The predicted octanol–water partition coefficient (Wildman–Crippen LogP) is 5.56. The number of ether oxygens (including phenoxy) is 1. The Morgan fingerprint density at radius 3 is 2.67 bits per heavy atom. The van der Waals surface area contributed by atoms with Crippen molar-refractivity contribution in [1.29, 1.82) is 0 Å². The Morgan fingerprint density at radius 1 is 1.15 bits per heavy atom. The highest BCUT2D eigenvalue weighted by atomic mass is 32.1. The topological polar surface area (TPSA) is 54.5 Å². The fourth-order valence-electron chi connectivity index (χ4n) is 4.22. The van der Waals surface area contributed by atoms with E-state index in [4.69, 9.17) is 4.74 Å². The van der Waals surface area contributed by atoms with Crippen molar-refractivity contribution in [2.45, 2.75) is 12.5 Å². The Bertz CT molecular complexity index is 1350. The van der Waals surface area contributed by atoms with Crippen LogP contribution in [0.15, 0.2) is 54.7 Å². The van der Waals surface area contributed by atoms with E-state index in [0.717, 1.165) is 28.5 Å². The first-order chi connectivity index (χ1) is 15.9. The number of amides is 1. The minimum absolute atomic E-state index is 0.169. The number of carbonyl (C=O) groups is 1. The van der Waals surface area contributed by atoms with Gasteiger partial charge in [-0.15, -0.1) is 11.3 Å². The van der Waals surface area contributed by atoms with Crippen LogP contribution >= 0.6 is 11.3 Å². The molecule has 5 nitrogen and oxygen atoms in total. The number of thiophene rings is 1. The van der Waals surface area contributed by atoms with Crippen LogP contribution < -0.4 is 15.0 Å². The molecule has 1 N–H and O–H groups in total. The molecule has 1 atom stereocenters. The van der Waals surface area contributed by atoms with Crippen LogP contribution in [0.4, 0.5) is 14.5 Å². The second-order valence-electron chi connectivity index (χ2n) is 8.07. The zero-order valence-electron chi connectivity index (χ0n) is 18.1. The summed E-state index contributed by atoms with van der Waals surface area (Å²) in [5, 5.41) is 3.95. The van der Waals surface area contributed by atoms with Crippen LogP contribution in [0.2, 0.25) is 0 Å². The smallest absolute Gasteiger partial charge is 0.264 e. The van der Waals surface area contributed by atoms with Crippen molar-refractivity contribution >= 4 is 33.0 Å². The first-order valence-electron chi connectivity index (χ1n) is 10.5. The predicted molar refractivity (Wildman–Crippen MR) is 126 cm³/mol. The summed E-state index contributed by atoms with van der Waals surface area (Å²) < 4.78 is 34.2. The van der Waals surface area contributed by atoms with Crippen molar-refractivity contribution < 1.29 is 18.3 Å². The summed E-state index contributed by atoms with van der Waals surface area (Å²) in [6.45, 7) is 0.522. The number of halogens is 2. The number of benzene rings is 2. The van der Waals surface area contributed by atoms with E-state index < -0.39 is 11.6 Å². The van der Waals surface area contributed by atoms with Crippen LogP contribution in [0.3, 0.4) is 0 Å². The maximum absolute atomic E-state index is 13.9. The average Bonchev–Trinajstić information content (AvgIpc) is 3.19. The molecule has 3 heterocycles. The number of pyridine rings is 1. The minimum Gasteiger partial charge on any atom is -0.493 e. The maximum atomic E-state index is 13.9. The molecule has 0 unspecified atom stereocenters. The van der Waals surface area contributed by atoms with E-state index in [2.05, 4.69) is 10.3 Å². The van der Waals surface area contributed by atoms with Crippen LogP contribution in [-0.4, -0.2) is 31.6 Å². The molecular weight excluding hydrogens is 444 g/mol. The van der Waals surface area contributed by atoms with Crippen molar-refractivity contribution in [2.24, 2.45) is 0 Å². The summed E-state index contributed by atoms with van der Waals surface area (Å²) in [5.74, 6) is -0.788. The van der Waals surface area contributed by atoms with Gasteiger partial charge in [0.15, 0.2) is 0 Å². The summed E-state index contributed by atoms with van der Waals surface area (Å²) in [6.07, 6.45) is 2.26. The normalized spacial score (nSPS) is 15.1. The fourth-order valence-corrected chi connectivity index (χ4v) is 5.51. The Hall–Kier alpha value is -3.52. The SMILES string of the molecule is CN(C)c1c(C(=O)N[C@H]2CCOc3ccccc32)sc2c(-c3cc(F)cc(F)c3)nccc12. The van der Waals surface area contributed by atoms with Gasteiger partial charge >= 0.3 is 0 Å². The number of para-hydroxylation sites is 1. The Balaban J connectivity index is 1.59. The van der Waals surface area contributed by atoms with E-state index in [1.165, 1.54) is 23.5 Å². The number of hydrogen-bond acceptors (Lipinski definition) is 5. The van der Waals surface area contributed by atoms with Crippen LogP contribution in [0.1, 0.15) is 27.7 Å². The van der Waals surface area contributed by atoms with Gasteiger partial charge in [-0.2, -0.15) is 0 Å². The Morgan fingerprint density at radius 2 is 1.91 bits per heavy atom. The van der Waals surface area contributed by atoms with Gasteiger partial charge < -0.3 is 15.0 Å². The molecule has 0 spiro atoms. The molecule has 33 heavy (non-hydrogen) atoms. The van der Waals surface area contributed by atoms with Gasteiger partial charge in [0, 0.05) is 49.3 Å². The average molecular weight is 466 g/mol. The van der Waals surface area contributed by atoms with Crippen LogP contribution in [-0.2, 0) is 0 Å². The molecule has 2 aromatic heterocycles. The molecule has 0 radical (unpaired) electrons. The maximum Gasteiger partial charge on any atom is 0.264 e. The van der Waals surface area contributed by atoms with Gasteiger partial charge in [0.05, 0.1) is 28.7 Å². The second kappa shape index (κ2) is 8.44. The van der Waals surface area contributed by atoms with Gasteiger partial charge in [-0.1, -0.05) is 18.2 Å². The largest absolute Gasteiger partial charge is 0.493 e. The molecular formula is C25H21F2N3O2S. The number of nitrogens with one attached hydrogen (secondary N) is 1. The van der Waals surface area contributed by atoms with Gasteiger partial charge in [-0.25, -0.2) is 8.78 Å². The lowest BCUT2D eigenvalue weighted by atomic mass is 10.0. The number of nitrogens with zero attached hydrogens (tertiary/aromatic N) is 2. The lowest BCUT2D eigenvalue weighted by Crippen LogP contribution is -2.32. The van der Waals surface area contributed by atoms with Crippen LogP contribution in [0.25, 0.3) is 21.3 Å². The third kappa shape index (κ3) is 3.91. The molecule has 1 aliphatic heterocycles. The zero-order valence-corrected chi connectivity index (χ0v) is 18.9. The fraction of sp³-hybridized carbons (Fsp3) is 0.200. The highest BCUT2D eigenvalue weighted by Gasteiger charge is 2.27. The lowest BCUT2D eigenvalue weighted by molar-refractivity contribution is 0.0929. The van der Waals surface area contributed by atoms with Gasteiger partial charge in [0.25, 0.3) is 5.91 Å². The van der Waals surface area contributed by atoms with E-state index in [1.54, 1.807) is 6.20 Å². The van der Waals surface area contributed by atoms with Gasteiger partial charge in [0.2, 0.25) is 0 Å². The highest BCUT2D eigenvalue weighted by Crippen LogP contribution is 2.42. The number of anilines is 1. The van der Waals surface area contributed by atoms with Crippen molar-refractivity contribution in [3.05, 3.63) is 76.8 Å². The molecule has 1 amide bonds. The molecule has 8 heteroatoms. The standard InChI is InChI=1S/C25H21F2N3O2S/c1-30(2)22-18-7-9-28-21(14-11-15(26)13-16(27)12-14)23(18)33-24(22)25(31)29-19-8-10-32-20-6-4-3-5-17(19)20/h3-7,9,11-13,19H,8,10H2,1-2H3,(H,29,31)/t19-/m0/s1. The molecule has 0 saturated carbocycles. The van der Waals surface area contributed by atoms with Crippen molar-refractivity contribution in [3.8, 4) is 17.0 Å². The summed E-state index contributed by atoms with van der Waals surface area (Å²) in [4.78, 5) is 20.2. The summed E-state index contributed by atoms with van der Waals surface area (Å²) in [6, 6.07) is 12.7. The monoisotopic (exact) mass is 465 g/mol. The molecule has 0 fully saturated rings. The highest BCUT2D eigenvalue weighted by molar-refractivity contribution is 7.22. The number of rotatable bonds is 4. The molecule has 5 rings (SSSR count). The molecule has 2 aromatic carbocycles. The molecule has 1 aliphatic rings. The van der Waals surface area contributed by atoms with Gasteiger partial charge in [0.1, 0.15) is 22.3 Å².